The van der Waals surface area contributed by atoms with Gasteiger partial charge in [-0.25, -0.2) is 0 Å². The summed E-state index contributed by atoms with van der Waals surface area (Å²) in [6, 6.07) is 2.25. The van der Waals surface area contributed by atoms with Crippen LogP contribution in [0.5, 0.6) is 5.75 Å². The molecule has 0 saturated heterocycles. The predicted octanol–water partition coefficient (Wildman–Crippen LogP) is 3.22. The van der Waals surface area contributed by atoms with E-state index in [0.717, 1.165) is 6.07 Å². The van der Waals surface area contributed by atoms with Gasteiger partial charge in [-0.2, -0.15) is 8.78 Å². The van der Waals surface area contributed by atoms with Gasteiger partial charge >= 0.3 is 12.6 Å². The molecule has 0 aromatic heterocycles. The molecule has 3 nitrogen and oxygen atoms in total. The molecule has 0 saturated carbocycles. The first-order valence-electron chi connectivity index (χ1n) is 4.04. The van der Waals surface area contributed by atoms with Crippen molar-refractivity contribution in [3.63, 3.8) is 0 Å². The minimum atomic E-state index is -3.03. The van der Waals surface area contributed by atoms with Crippen molar-refractivity contribution < 1.29 is 23.4 Å². The highest BCUT2D eigenvalue weighted by molar-refractivity contribution is 6.36. The summed E-state index contributed by atoms with van der Waals surface area (Å²) in [5.74, 6) is -1.43. The lowest BCUT2D eigenvalue weighted by Crippen LogP contribution is -2.05. The second-order valence-electron chi connectivity index (χ2n) is 2.82. The third-order valence-corrected chi connectivity index (χ3v) is 2.31. The molecule has 88 valence electrons. The van der Waals surface area contributed by atoms with Crippen LogP contribution in [0.2, 0.25) is 10.0 Å². The summed E-state index contributed by atoms with van der Waals surface area (Å²) in [4.78, 5) is 10.5. The molecule has 0 aliphatic rings. The van der Waals surface area contributed by atoms with Crippen molar-refractivity contribution in [2.45, 2.75) is 13.0 Å². The Morgan fingerprint density at radius 2 is 2.00 bits per heavy atom. The molecule has 0 amide bonds. The number of hydrogen-bond donors (Lipinski definition) is 1. The molecule has 1 aromatic rings. The number of aliphatic carboxylic acids is 1. The van der Waals surface area contributed by atoms with Crippen molar-refractivity contribution >= 4 is 29.2 Å². The van der Waals surface area contributed by atoms with E-state index in [0.29, 0.717) is 0 Å². The second kappa shape index (κ2) is 5.32. The van der Waals surface area contributed by atoms with E-state index in [1.54, 1.807) is 0 Å². The summed E-state index contributed by atoms with van der Waals surface area (Å²) >= 11 is 11.3. The van der Waals surface area contributed by atoms with E-state index in [-0.39, 0.29) is 21.4 Å². The Hall–Kier alpha value is -1.07. The van der Waals surface area contributed by atoms with Crippen molar-refractivity contribution in [2.24, 2.45) is 0 Å². The lowest BCUT2D eigenvalue weighted by molar-refractivity contribution is -0.136. The number of alkyl halides is 2. The monoisotopic (exact) mass is 270 g/mol. The average Bonchev–Trinajstić information content (AvgIpc) is 2.11. The molecule has 0 aliphatic carbocycles. The minimum Gasteiger partial charge on any atom is -0.481 e. The summed E-state index contributed by atoms with van der Waals surface area (Å²) < 4.78 is 28.0. The fourth-order valence-electron chi connectivity index (χ4n) is 1.06. The predicted molar refractivity (Wildman–Crippen MR) is 54.4 cm³/mol. The molecular weight excluding hydrogens is 265 g/mol. The first kappa shape index (κ1) is 13.0. The van der Waals surface area contributed by atoms with Gasteiger partial charge in [-0.3, -0.25) is 4.79 Å². The van der Waals surface area contributed by atoms with E-state index in [9.17, 15) is 13.6 Å². The summed E-state index contributed by atoms with van der Waals surface area (Å²) in [6.07, 6.45) is -0.393. The van der Waals surface area contributed by atoms with Crippen LogP contribution in [0.15, 0.2) is 12.1 Å². The number of carboxylic acids is 1. The van der Waals surface area contributed by atoms with Gasteiger partial charge in [0.15, 0.2) is 0 Å². The van der Waals surface area contributed by atoms with E-state index >= 15 is 0 Å². The zero-order valence-corrected chi connectivity index (χ0v) is 9.23. The summed E-state index contributed by atoms with van der Waals surface area (Å²) in [6.45, 7) is -3.03. The first-order valence-corrected chi connectivity index (χ1v) is 4.80. The highest BCUT2D eigenvalue weighted by Crippen LogP contribution is 2.32. The van der Waals surface area contributed by atoms with Crippen molar-refractivity contribution in [2.75, 3.05) is 0 Å². The van der Waals surface area contributed by atoms with E-state index in [1.807, 2.05) is 0 Å². The SMILES string of the molecule is O=C(O)Cc1cc(OC(F)F)c(Cl)cc1Cl. The highest BCUT2D eigenvalue weighted by atomic mass is 35.5. The Balaban J connectivity index is 3.05. The Labute approximate surface area is 99.5 Å². The Morgan fingerprint density at radius 3 is 2.50 bits per heavy atom. The van der Waals surface area contributed by atoms with Gasteiger partial charge in [-0.05, 0) is 17.7 Å². The maximum absolute atomic E-state index is 12.0. The quantitative estimate of drug-likeness (QED) is 0.914. The molecule has 1 N–H and O–H groups in total. The number of benzene rings is 1. The molecule has 0 bridgehead atoms. The minimum absolute atomic E-state index is 0.0917. The number of ether oxygens (including phenoxy) is 1. The van der Waals surface area contributed by atoms with Gasteiger partial charge in [0.05, 0.1) is 11.4 Å². The van der Waals surface area contributed by atoms with Crippen LogP contribution in [-0.2, 0) is 11.2 Å². The van der Waals surface area contributed by atoms with Gasteiger partial charge in [-0.15, -0.1) is 0 Å². The smallest absolute Gasteiger partial charge is 0.387 e. The summed E-state index contributed by atoms with van der Waals surface area (Å²) in [7, 11) is 0. The third kappa shape index (κ3) is 3.50. The lowest BCUT2D eigenvalue weighted by atomic mass is 10.1. The van der Waals surface area contributed by atoms with Crippen molar-refractivity contribution in [3.05, 3.63) is 27.7 Å². The fourth-order valence-corrected chi connectivity index (χ4v) is 1.55. The maximum Gasteiger partial charge on any atom is 0.387 e. The molecule has 0 atom stereocenters. The molecule has 0 spiro atoms. The summed E-state index contributed by atoms with van der Waals surface area (Å²) in [5.41, 5.74) is 0.161. The molecule has 7 heteroatoms. The van der Waals surface area contributed by atoms with Gasteiger partial charge in [0.2, 0.25) is 0 Å². The van der Waals surface area contributed by atoms with Crippen LogP contribution in [0.25, 0.3) is 0 Å². The van der Waals surface area contributed by atoms with Gasteiger partial charge in [0, 0.05) is 5.02 Å². The summed E-state index contributed by atoms with van der Waals surface area (Å²) in [5, 5.41) is 8.55. The molecule has 0 heterocycles. The highest BCUT2D eigenvalue weighted by Gasteiger charge is 2.14. The van der Waals surface area contributed by atoms with Crippen LogP contribution in [0.1, 0.15) is 5.56 Å². The van der Waals surface area contributed by atoms with E-state index in [4.69, 9.17) is 28.3 Å². The lowest BCUT2D eigenvalue weighted by Gasteiger charge is -2.09. The number of halogens is 4. The van der Waals surface area contributed by atoms with Crippen LogP contribution in [0, 0.1) is 0 Å². The average molecular weight is 271 g/mol. The molecule has 1 aromatic carbocycles. The number of carbonyl (C=O) groups is 1. The first-order chi connectivity index (χ1) is 7.40. The molecule has 1 rings (SSSR count). The largest absolute Gasteiger partial charge is 0.481 e. The Morgan fingerprint density at radius 1 is 1.38 bits per heavy atom. The standard InChI is InChI=1S/C9H6Cl2F2O3/c10-5-3-6(11)7(16-9(12)13)1-4(5)2-8(14)15/h1,3,9H,2H2,(H,14,15). The number of rotatable bonds is 4. The molecule has 0 radical (unpaired) electrons. The second-order valence-corrected chi connectivity index (χ2v) is 3.64. The van der Waals surface area contributed by atoms with E-state index in [1.165, 1.54) is 6.07 Å². The topological polar surface area (TPSA) is 46.5 Å². The van der Waals surface area contributed by atoms with Crippen LogP contribution >= 0.6 is 23.2 Å². The van der Waals surface area contributed by atoms with Crippen LogP contribution in [0.3, 0.4) is 0 Å². The molecule has 16 heavy (non-hydrogen) atoms. The number of carboxylic acid groups (broad SMARTS) is 1. The van der Waals surface area contributed by atoms with E-state index < -0.39 is 19.0 Å². The van der Waals surface area contributed by atoms with Crippen molar-refractivity contribution in [1.82, 2.24) is 0 Å². The van der Waals surface area contributed by atoms with Gasteiger partial charge in [-0.1, -0.05) is 23.2 Å². The zero-order valence-electron chi connectivity index (χ0n) is 7.71. The van der Waals surface area contributed by atoms with Gasteiger partial charge < -0.3 is 9.84 Å². The number of hydrogen-bond acceptors (Lipinski definition) is 2. The third-order valence-electron chi connectivity index (χ3n) is 1.66. The van der Waals surface area contributed by atoms with Crippen molar-refractivity contribution in [3.8, 4) is 5.75 Å². The Bertz CT molecular complexity index is 410. The maximum atomic E-state index is 12.0. The normalized spacial score (nSPS) is 10.6. The fraction of sp³-hybridized carbons (Fsp3) is 0.222. The molecule has 0 unspecified atom stereocenters. The van der Waals surface area contributed by atoms with Gasteiger partial charge in [0.1, 0.15) is 5.75 Å². The van der Waals surface area contributed by atoms with Crippen LogP contribution < -0.4 is 4.74 Å². The van der Waals surface area contributed by atoms with Crippen LogP contribution in [-0.4, -0.2) is 17.7 Å². The van der Waals surface area contributed by atoms with Crippen LogP contribution in [0.4, 0.5) is 8.78 Å². The molecular formula is C9H6Cl2F2O3. The Kier molecular flexibility index (Phi) is 4.32. The van der Waals surface area contributed by atoms with Crippen molar-refractivity contribution in [1.29, 1.82) is 0 Å². The van der Waals surface area contributed by atoms with Gasteiger partial charge in [0.25, 0.3) is 0 Å². The van der Waals surface area contributed by atoms with E-state index in [2.05, 4.69) is 4.74 Å². The molecule has 0 aliphatic heterocycles. The molecule has 0 fully saturated rings. The zero-order chi connectivity index (χ0) is 12.3.